The molecule has 0 amide bonds. The molecular formula is C23H27BN2O5. The molecule has 2 aliphatic heterocycles. The summed E-state index contributed by atoms with van der Waals surface area (Å²) < 4.78 is 19.5. The van der Waals surface area contributed by atoms with Crippen LogP contribution in [0.2, 0.25) is 0 Å². The molecule has 2 aliphatic rings. The van der Waals surface area contributed by atoms with Gasteiger partial charge in [-0.15, -0.1) is 0 Å². The molecule has 7 nitrogen and oxygen atoms in total. The fourth-order valence-electron chi connectivity index (χ4n) is 4.46. The highest BCUT2D eigenvalue weighted by Crippen LogP contribution is 2.37. The van der Waals surface area contributed by atoms with Gasteiger partial charge in [0.2, 0.25) is 0 Å². The number of aromatic nitrogens is 2. The molecule has 0 unspecified atom stereocenters. The lowest BCUT2D eigenvalue weighted by atomic mass is 9.75. The summed E-state index contributed by atoms with van der Waals surface area (Å²) in [5.41, 5.74) is 0.376. The Bertz CT molecular complexity index is 1210. The maximum atomic E-state index is 13.5. The van der Waals surface area contributed by atoms with Gasteiger partial charge in [-0.1, -0.05) is 6.07 Å². The molecule has 0 spiro atoms. The first kappa shape index (κ1) is 20.6. The smallest absolute Gasteiger partial charge is 0.399 e. The second-order valence-electron chi connectivity index (χ2n) is 9.44. The minimum absolute atomic E-state index is 0.159. The maximum absolute atomic E-state index is 13.5. The summed E-state index contributed by atoms with van der Waals surface area (Å²) >= 11 is 0. The van der Waals surface area contributed by atoms with Gasteiger partial charge in [-0.25, -0.2) is 0 Å². The van der Waals surface area contributed by atoms with Crippen molar-refractivity contribution < 1.29 is 19.2 Å². The molecule has 2 aromatic heterocycles. The topological polar surface area (TPSA) is 82.8 Å². The monoisotopic (exact) mass is 422 g/mol. The van der Waals surface area contributed by atoms with E-state index >= 15 is 0 Å². The van der Waals surface area contributed by atoms with E-state index in [1.165, 1.54) is 0 Å². The third-order valence-electron chi connectivity index (χ3n) is 6.99. The molecule has 5 rings (SSSR count). The van der Waals surface area contributed by atoms with Gasteiger partial charge in [0, 0.05) is 35.2 Å². The lowest BCUT2D eigenvalue weighted by Gasteiger charge is -2.32. The second-order valence-corrected chi connectivity index (χ2v) is 9.44. The lowest BCUT2D eigenvalue weighted by molar-refractivity contribution is -0.0392. The van der Waals surface area contributed by atoms with E-state index in [0.717, 1.165) is 21.8 Å². The van der Waals surface area contributed by atoms with E-state index in [0.29, 0.717) is 18.4 Å². The van der Waals surface area contributed by atoms with Crippen molar-refractivity contribution in [3.8, 4) is 0 Å². The molecular weight excluding hydrogens is 395 g/mol. The van der Waals surface area contributed by atoms with Crippen LogP contribution < -0.4 is 11.0 Å². The number of aliphatic hydroxyl groups excluding tert-OH is 1. The van der Waals surface area contributed by atoms with Gasteiger partial charge in [-0.3, -0.25) is 9.78 Å². The quantitative estimate of drug-likeness (QED) is 0.504. The first-order chi connectivity index (χ1) is 14.7. The Hall–Kier alpha value is -2.26. The number of pyridine rings is 2. The van der Waals surface area contributed by atoms with Crippen LogP contribution in [-0.2, 0) is 14.0 Å². The Kier molecular flexibility index (Phi) is 4.75. The zero-order valence-corrected chi connectivity index (χ0v) is 18.3. The van der Waals surface area contributed by atoms with Crippen LogP contribution in [0.15, 0.2) is 41.5 Å². The van der Waals surface area contributed by atoms with Crippen molar-refractivity contribution in [3.63, 3.8) is 0 Å². The maximum Gasteiger partial charge on any atom is 0.495 e. The Morgan fingerprint density at radius 2 is 1.87 bits per heavy atom. The van der Waals surface area contributed by atoms with Crippen LogP contribution in [0.4, 0.5) is 0 Å². The number of aliphatic hydroxyl groups is 1. The van der Waals surface area contributed by atoms with Gasteiger partial charge in [0.25, 0.3) is 5.56 Å². The molecule has 2 fully saturated rings. The summed E-state index contributed by atoms with van der Waals surface area (Å²) in [7, 11) is -0.608. The van der Waals surface area contributed by atoms with Crippen LogP contribution in [0.3, 0.4) is 0 Å². The van der Waals surface area contributed by atoms with Gasteiger partial charge in [-0.2, -0.15) is 0 Å². The summed E-state index contributed by atoms with van der Waals surface area (Å²) in [4.78, 5) is 18.1. The number of rotatable bonds is 2. The van der Waals surface area contributed by atoms with Crippen molar-refractivity contribution in [2.24, 2.45) is 0 Å². The van der Waals surface area contributed by atoms with Crippen molar-refractivity contribution in [1.29, 1.82) is 0 Å². The van der Waals surface area contributed by atoms with Crippen LogP contribution in [0.25, 0.3) is 21.7 Å². The van der Waals surface area contributed by atoms with E-state index in [2.05, 4.69) is 4.98 Å². The molecule has 1 aromatic carbocycles. The largest absolute Gasteiger partial charge is 0.495 e. The highest BCUT2D eigenvalue weighted by molar-refractivity contribution is 6.65. The summed E-state index contributed by atoms with van der Waals surface area (Å²) in [5, 5.41) is 12.6. The predicted molar refractivity (Wildman–Crippen MR) is 120 cm³/mol. The fraction of sp³-hybridized carbons (Fsp3) is 0.478. The average Bonchev–Trinajstić information content (AvgIpc) is 2.95. The number of ether oxygens (including phenoxy) is 1. The fourth-order valence-corrected chi connectivity index (χ4v) is 4.46. The molecule has 8 heteroatoms. The molecule has 0 aliphatic carbocycles. The summed E-state index contributed by atoms with van der Waals surface area (Å²) in [6.07, 6.45) is 3.35. The van der Waals surface area contributed by atoms with Crippen molar-refractivity contribution in [2.45, 2.75) is 57.5 Å². The molecule has 0 radical (unpaired) electrons. The van der Waals surface area contributed by atoms with E-state index < -0.39 is 24.4 Å². The molecule has 2 saturated heterocycles. The third-order valence-corrected chi connectivity index (χ3v) is 6.99. The second kappa shape index (κ2) is 7.13. The van der Waals surface area contributed by atoms with Gasteiger partial charge < -0.3 is 23.7 Å². The minimum Gasteiger partial charge on any atom is -0.399 e. The molecule has 1 N–H and O–H groups in total. The molecule has 3 aromatic rings. The van der Waals surface area contributed by atoms with Gasteiger partial charge in [0.05, 0.1) is 35.5 Å². The van der Waals surface area contributed by atoms with E-state index in [9.17, 15) is 9.90 Å². The molecule has 0 saturated carbocycles. The third kappa shape index (κ3) is 3.21. The standard InChI is InChI=1S/C23H27BN2O5/c1-22(2)23(3,4)31-24(30-22)17-12-16-14(20-15(17)6-5-9-25-20)7-10-26(21(16)28)18-8-11-29-13-19(18)27/h5-7,9-10,12,18-19,27H,8,11,13H2,1-4H3/t18-,19-/m1/s1. The van der Waals surface area contributed by atoms with Crippen LogP contribution in [-0.4, -0.2) is 52.3 Å². The van der Waals surface area contributed by atoms with Gasteiger partial charge in [0.1, 0.15) is 0 Å². The first-order valence-electron chi connectivity index (χ1n) is 10.7. The first-order valence-corrected chi connectivity index (χ1v) is 10.7. The molecule has 2 atom stereocenters. The van der Waals surface area contributed by atoms with Gasteiger partial charge in [-0.05, 0) is 57.8 Å². The van der Waals surface area contributed by atoms with E-state index in [1.54, 1.807) is 17.0 Å². The zero-order valence-electron chi connectivity index (χ0n) is 18.3. The van der Waals surface area contributed by atoms with Crippen molar-refractivity contribution in [3.05, 3.63) is 47.0 Å². The SMILES string of the molecule is CC1(C)OB(c2cc3c(=O)n([C@@H]4CCOC[C@H]4O)ccc3c3ncccc23)OC1(C)C. The summed E-state index contributed by atoms with van der Waals surface area (Å²) in [5.74, 6) is 0. The zero-order chi connectivity index (χ0) is 22.0. The van der Waals surface area contributed by atoms with Crippen LogP contribution in [0.5, 0.6) is 0 Å². The highest BCUT2D eigenvalue weighted by Gasteiger charge is 2.52. The molecule has 0 bridgehead atoms. The minimum atomic E-state index is -0.718. The summed E-state index contributed by atoms with van der Waals surface area (Å²) in [6.45, 7) is 8.78. The molecule has 4 heterocycles. The number of fused-ring (bicyclic) bond motifs is 3. The average molecular weight is 422 g/mol. The van der Waals surface area contributed by atoms with Crippen molar-refractivity contribution in [2.75, 3.05) is 13.2 Å². The van der Waals surface area contributed by atoms with E-state index in [4.69, 9.17) is 14.0 Å². The number of hydrogen-bond donors (Lipinski definition) is 1. The highest BCUT2D eigenvalue weighted by atomic mass is 16.7. The van der Waals surface area contributed by atoms with Crippen LogP contribution in [0, 0.1) is 0 Å². The Morgan fingerprint density at radius 1 is 1.13 bits per heavy atom. The van der Waals surface area contributed by atoms with Crippen molar-refractivity contribution >= 4 is 34.3 Å². The van der Waals surface area contributed by atoms with Crippen LogP contribution in [0.1, 0.15) is 40.2 Å². The molecule has 31 heavy (non-hydrogen) atoms. The Labute approximate surface area is 181 Å². The lowest BCUT2D eigenvalue weighted by Crippen LogP contribution is -2.41. The predicted octanol–water partition coefficient (Wildman–Crippen LogP) is 2.17. The van der Waals surface area contributed by atoms with Gasteiger partial charge >= 0.3 is 7.12 Å². The Balaban J connectivity index is 1.72. The molecule has 162 valence electrons. The Morgan fingerprint density at radius 3 is 2.58 bits per heavy atom. The number of nitrogens with zero attached hydrogens (tertiary/aromatic N) is 2. The van der Waals surface area contributed by atoms with E-state index in [-0.39, 0.29) is 18.2 Å². The number of benzene rings is 1. The van der Waals surface area contributed by atoms with E-state index in [1.807, 2.05) is 52.0 Å². The normalized spacial score (nSPS) is 25.4. The number of hydrogen-bond acceptors (Lipinski definition) is 6. The van der Waals surface area contributed by atoms with Crippen molar-refractivity contribution in [1.82, 2.24) is 9.55 Å². The van der Waals surface area contributed by atoms with Crippen LogP contribution >= 0.6 is 0 Å². The van der Waals surface area contributed by atoms with Gasteiger partial charge in [0.15, 0.2) is 0 Å². The summed E-state index contributed by atoms with van der Waals surface area (Å²) in [6, 6.07) is 7.32.